The summed E-state index contributed by atoms with van der Waals surface area (Å²) in [7, 11) is 3.97. The van der Waals surface area contributed by atoms with E-state index in [1.807, 2.05) is 18.5 Å². The van der Waals surface area contributed by atoms with Crippen LogP contribution >= 0.6 is 0 Å². The summed E-state index contributed by atoms with van der Waals surface area (Å²) in [5.74, 6) is 1.74. The molecule has 0 radical (unpaired) electrons. The molecule has 6 heteroatoms. The number of hydrogen-bond acceptors (Lipinski definition) is 5. The molecule has 0 spiro atoms. The van der Waals surface area contributed by atoms with Gasteiger partial charge in [0.05, 0.1) is 12.1 Å². The van der Waals surface area contributed by atoms with E-state index in [4.69, 9.17) is 0 Å². The largest absolute Gasteiger partial charge is 0.355 e. The third kappa shape index (κ3) is 5.54. The fourth-order valence-electron chi connectivity index (χ4n) is 5.42. The Morgan fingerprint density at radius 1 is 1.25 bits per heavy atom. The van der Waals surface area contributed by atoms with Gasteiger partial charge in [-0.05, 0) is 68.8 Å². The number of piperidine rings is 2. The maximum atomic E-state index is 12.7. The number of aliphatic imine (C=N–C) groups is 1. The van der Waals surface area contributed by atoms with Gasteiger partial charge in [-0.2, -0.15) is 0 Å². The van der Waals surface area contributed by atoms with Gasteiger partial charge in [0.2, 0.25) is 5.91 Å². The van der Waals surface area contributed by atoms with Crippen molar-refractivity contribution in [3.05, 3.63) is 41.6 Å². The van der Waals surface area contributed by atoms with Crippen LogP contribution in [0.25, 0.3) is 10.9 Å². The summed E-state index contributed by atoms with van der Waals surface area (Å²) in [4.78, 5) is 26.3. The minimum atomic E-state index is 0.165. The van der Waals surface area contributed by atoms with Crippen LogP contribution in [0.3, 0.4) is 0 Å². The number of likely N-dealkylation sites (tertiary alicyclic amines) is 2. The molecule has 1 amide bonds. The molecule has 172 valence electrons. The average Bonchev–Trinajstić information content (AvgIpc) is 2.79. The van der Waals surface area contributed by atoms with Crippen molar-refractivity contribution in [3.8, 4) is 0 Å². The number of carbonyl (C=O) groups is 1. The van der Waals surface area contributed by atoms with Crippen molar-refractivity contribution in [1.82, 2.24) is 20.1 Å². The lowest BCUT2D eigenvalue weighted by Crippen LogP contribution is -2.45. The van der Waals surface area contributed by atoms with Crippen LogP contribution in [0.5, 0.6) is 0 Å². The second-order valence-electron chi connectivity index (χ2n) is 9.81. The topological polar surface area (TPSA) is 60.8 Å². The van der Waals surface area contributed by atoms with Crippen LogP contribution in [-0.4, -0.2) is 80.3 Å². The van der Waals surface area contributed by atoms with Gasteiger partial charge in [-0.1, -0.05) is 25.1 Å². The number of aromatic nitrogens is 1. The van der Waals surface area contributed by atoms with Crippen molar-refractivity contribution >= 4 is 23.0 Å². The Morgan fingerprint density at radius 3 is 2.84 bits per heavy atom. The Kier molecular flexibility index (Phi) is 7.53. The zero-order chi connectivity index (χ0) is 22.5. The van der Waals surface area contributed by atoms with Crippen LogP contribution in [0.4, 0.5) is 0 Å². The molecular weight excluding hydrogens is 398 g/mol. The van der Waals surface area contributed by atoms with E-state index in [1.54, 1.807) is 7.05 Å². The van der Waals surface area contributed by atoms with Crippen LogP contribution in [0.1, 0.15) is 43.2 Å². The zero-order valence-electron chi connectivity index (χ0n) is 19.8. The molecule has 0 aliphatic carbocycles. The number of nitrogens with zero attached hydrogens (tertiary/aromatic N) is 4. The van der Waals surface area contributed by atoms with Gasteiger partial charge >= 0.3 is 0 Å². The molecule has 2 saturated heterocycles. The molecule has 2 aromatic rings. The highest BCUT2D eigenvalue weighted by molar-refractivity contribution is 5.99. The number of carbonyl (C=O) groups excluding carboxylic acids is 1. The fraction of sp³-hybridized carbons (Fsp3) is 0.577. The molecule has 1 aromatic heterocycles. The van der Waals surface area contributed by atoms with Crippen LogP contribution in [0.2, 0.25) is 0 Å². The first-order valence-corrected chi connectivity index (χ1v) is 12.0. The molecule has 1 N–H and O–H groups in total. The summed E-state index contributed by atoms with van der Waals surface area (Å²) in [5.41, 5.74) is 3.40. The van der Waals surface area contributed by atoms with E-state index in [-0.39, 0.29) is 5.91 Å². The third-order valence-corrected chi connectivity index (χ3v) is 7.07. The van der Waals surface area contributed by atoms with Gasteiger partial charge in [0.25, 0.3) is 0 Å². The lowest BCUT2D eigenvalue weighted by molar-refractivity contribution is -0.123. The highest BCUT2D eigenvalue weighted by Crippen LogP contribution is 2.34. The summed E-state index contributed by atoms with van der Waals surface area (Å²) >= 11 is 0. The molecule has 2 fully saturated rings. The smallest absolute Gasteiger partial charge is 0.234 e. The van der Waals surface area contributed by atoms with Crippen molar-refractivity contribution in [1.29, 1.82) is 0 Å². The molecule has 6 nitrogen and oxygen atoms in total. The van der Waals surface area contributed by atoms with E-state index in [2.05, 4.69) is 57.3 Å². The molecular formula is C26H37N5O. The minimum absolute atomic E-state index is 0.165. The number of nitrogens with one attached hydrogen (secondary N) is 1. The van der Waals surface area contributed by atoms with Gasteiger partial charge in [0.1, 0.15) is 0 Å². The Labute approximate surface area is 192 Å². The average molecular weight is 436 g/mol. The standard InChI is InChI=1S/C26H37N5O/c1-19-13-22(23-7-6-21(15-27-2)26-24(23)5-4-10-28-26)17-31(16-19)18-25(32)29-14-20-8-11-30(3)12-9-20/h4-7,10,15,19-20,22H,8-9,11-14,16-18H2,1-3H3,(H,29,32)/t19-,22-/m1/s1. The van der Waals surface area contributed by atoms with Crippen LogP contribution in [0.15, 0.2) is 35.5 Å². The van der Waals surface area contributed by atoms with Crippen molar-refractivity contribution in [2.45, 2.75) is 32.1 Å². The predicted molar refractivity (Wildman–Crippen MR) is 131 cm³/mol. The van der Waals surface area contributed by atoms with Gasteiger partial charge in [0.15, 0.2) is 0 Å². The summed E-state index contributed by atoms with van der Waals surface area (Å²) in [6, 6.07) is 8.56. The normalized spacial score (nSPS) is 23.7. The number of rotatable bonds is 6. The molecule has 32 heavy (non-hydrogen) atoms. The molecule has 0 saturated carbocycles. The third-order valence-electron chi connectivity index (χ3n) is 7.07. The molecule has 2 aliphatic rings. The SMILES string of the molecule is CN=Cc1ccc([C@@H]2C[C@@H](C)CN(CC(=O)NCC3CCN(C)CC3)C2)c2cccnc12. The Hall–Kier alpha value is -2.31. The lowest BCUT2D eigenvalue weighted by atomic mass is 9.83. The highest BCUT2D eigenvalue weighted by atomic mass is 16.2. The second kappa shape index (κ2) is 10.5. The van der Waals surface area contributed by atoms with Gasteiger partial charge in [0, 0.05) is 50.0 Å². The van der Waals surface area contributed by atoms with Crippen LogP contribution in [0, 0.1) is 11.8 Å². The number of hydrogen-bond donors (Lipinski definition) is 1. The Morgan fingerprint density at radius 2 is 2.06 bits per heavy atom. The minimum Gasteiger partial charge on any atom is -0.355 e. The van der Waals surface area contributed by atoms with Gasteiger partial charge < -0.3 is 10.2 Å². The summed E-state index contributed by atoms with van der Waals surface area (Å²) in [5, 5.41) is 4.42. The van der Waals surface area contributed by atoms with Crippen molar-refractivity contribution in [2.24, 2.45) is 16.8 Å². The number of amides is 1. The summed E-state index contributed by atoms with van der Waals surface area (Å²) in [6.07, 6.45) is 7.23. The van der Waals surface area contributed by atoms with E-state index in [0.717, 1.165) is 50.2 Å². The Bertz CT molecular complexity index is 950. The molecule has 0 unspecified atom stereocenters. The fourth-order valence-corrected chi connectivity index (χ4v) is 5.42. The first-order valence-electron chi connectivity index (χ1n) is 12.0. The van der Waals surface area contributed by atoms with Crippen LogP contribution < -0.4 is 5.32 Å². The summed E-state index contributed by atoms with van der Waals surface area (Å²) < 4.78 is 0. The first kappa shape index (κ1) is 22.9. The van der Waals surface area contributed by atoms with Crippen molar-refractivity contribution < 1.29 is 4.79 Å². The molecule has 0 bridgehead atoms. The lowest BCUT2D eigenvalue weighted by Gasteiger charge is -2.37. The maximum absolute atomic E-state index is 12.7. The van der Waals surface area contributed by atoms with Gasteiger partial charge in [-0.3, -0.25) is 19.7 Å². The molecule has 2 atom stereocenters. The van der Waals surface area contributed by atoms with Gasteiger partial charge in [-0.15, -0.1) is 0 Å². The maximum Gasteiger partial charge on any atom is 0.234 e. The zero-order valence-corrected chi connectivity index (χ0v) is 19.8. The molecule has 1 aromatic carbocycles. The quantitative estimate of drug-likeness (QED) is 0.708. The second-order valence-corrected chi connectivity index (χ2v) is 9.81. The van der Waals surface area contributed by atoms with Crippen LogP contribution in [-0.2, 0) is 4.79 Å². The van der Waals surface area contributed by atoms with Gasteiger partial charge in [-0.25, -0.2) is 0 Å². The molecule has 2 aliphatic heterocycles. The van der Waals surface area contributed by atoms with Crippen molar-refractivity contribution in [3.63, 3.8) is 0 Å². The number of pyridine rings is 1. The van der Waals surface area contributed by atoms with E-state index in [1.165, 1.54) is 23.8 Å². The van der Waals surface area contributed by atoms with E-state index < -0.39 is 0 Å². The number of benzene rings is 1. The molecule has 4 rings (SSSR count). The first-order chi connectivity index (χ1) is 15.5. The van der Waals surface area contributed by atoms with E-state index in [0.29, 0.717) is 24.3 Å². The highest BCUT2D eigenvalue weighted by Gasteiger charge is 2.28. The van der Waals surface area contributed by atoms with Crippen molar-refractivity contribution in [2.75, 3.05) is 53.4 Å². The monoisotopic (exact) mass is 435 g/mol. The number of fused-ring (bicyclic) bond motifs is 1. The Balaban J connectivity index is 1.41. The summed E-state index contributed by atoms with van der Waals surface area (Å²) in [6.45, 7) is 7.77. The predicted octanol–water partition coefficient (Wildman–Crippen LogP) is 3.17. The molecule has 3 heterocycles. The van der Waals surface area contributed by atoms with E-state index in [9.17, 15) is 4.79 Å². The van der Waals surface area contributed by atoms with E-state index >= 15 is 0 Å².